The summed E-state index contributed by atoms with van der Waals surface area (Å²) in [6.07, 6.45) is 10.9. The molecule has 35 heavy (non-hydrogen) atoms. The number of amides is 2. The molecule has 5 rings (SSSR count). The van der Waals surface area contributed by atoms with Crippen molar-refractivity contribution in [1.82, 2.24) is 4.90 Å². The lowest BCUT2D eigenvalue weighted by molar-refractivity contribution is -0.119. The number of rotatable bonds is 6. The summed E-state index contributed by atoms with van der Waals surface area (Å²) in [4.78, 5) is 30.8. The minimum absolute atomic E-state index is 0.105. The van der Waals surface area contributed by atoms with E-state index in [-0.39, 0.29) is 17.7 Å². The highest BCUT2D eigenvalue weighted by molar-refractivity contribution is 6.02. The molecule has 2 amide bonds. The molecule has 1 N–H and O–H groups in total. The van der Waals surface area contributed by atoms with E-state index in [9.17, 15) is 9.59 Å². The first-order chi connectivity index (χ1) is 17.2. The van der Waals surface area contributed by atoms with Crippen molar-refractivity contribution < 1.29 is 9.59 Å². The van der Waals surface area contributed by atoms with E-state index >= 15 is 0 Å². The van der Waals surface area contributed by atoms with E-state index in [1.54, 1.807) is 0 Å². The summed E-state index contributed by atoms with van der Waals surface area (Å²) >= 11 is 0. The van der Waals surface area contributed by atoms with Crippen LogP contribution in [-0.2, 0) is 11.2 Å². The van der Waals surface area contributed by atoms with E-state index in [1.165, 1.54) is 12.0 Å². The first kappa shape index (κ1) is 23.9. The number of anilines is 2. The van der Waals surface area contributed by atoms with E-state index in [1.807, 2.05) is 17.0 Å². The molecule has 0 spiro atoms. The predicted octanol–water partition coefficient (Wildman–Crippen LogP) is 5.90. The zero-order valence-corrected chi connectivity index (χ0v) is 20.9. The second kappa shape index (κ2) is 11.3. The van der Waals surface area contributed by atoms with E-state index in [2.05, 4.69) is 46.6 Å². The van der Waals surface area contributed by atoms with Crippen LogP contribution in [0.2, 0.25) is 0 Å². The first-order valence-corrected chi connectivity index (χ1v) is 13.7. The van der Waals surface area contributed by atoms with Gasteiger partial charge in [-0.2, -0.15) is 0 Å². The van der Waals surface area contributed by atoms with Crippen molar-refractivity contribution in [3.63, 3.8) is 0 Å². The van der Waals surface area contributed by atoms with Crippen LogP contribution in [0.1, 0.15) is 73.7 Å². The quantitative estimate of drug-likeness (QED) is 0.568. The van der Waals surface area contributed by atoms with Gasteiger partial charge in [-0.1, -0.05) is 43.2 Å². The Hall–Kier alpha value is -2.82. The largest absolute Gasteiger partial charge is 0.371 e. The minimum Gasteiger partial charge on any atom is -0.371 e. The topological polar surface area (TPSA) is 52.7 Å². The number of hydrogen-bond donors (Lipinski definition) is 1. The zero-order valence-electron chi connectivity index (χ0n) is 20.9. The lowest BCUT2D eigenvalue weighted by Crippen LogP contribution is -2.39. The molecule has 3 aliphatic rings. The highest BCUT2D eigenvalue weighted by Gasteiger charge is 2.28. The predicted molar refractivity (Wildman–Crippen MR) is 142 cm³/mol. The smallest absolute Gasteiger partial charge is 0.256 e. The SMILES string of the molecule is O=C(Nc1ccc(N2CCC(Cc3ccccc3)CC2)c(C(=O)N2CCCCC2)c1)C1CCCC1. The van der Waals surface area contributed by atoms with Crippen LogP contribution < -0.4 is 10.2 Å². The third-order valence-electron chi connectivity index (χ3n) is 8.19. The molecular formula is C30H39N3O2. The molecule has 0 unspecified atom stereocenters. The lowest BCUT2D eigenvalue weighted by Gasteiger charge is -2.36. The second-order valence-corrected chi connectivity index (χ2v) is 10.7. The van der Waals surface area contributed by atoms with Gasteiger partial charge in [-0.05, 0) is 81.0 Å². The van der Waals surface area contributed by atoms with Gasteiger partial charge in [0.15, 0.2) is 0 Å². The Morgan fingerprint density at radius 3 is 2.23 bits per heavy atom. The second-order valence-electron chi connectivity index (χ2n) is 10.7. The van der Waals surface area contributed by atoms with E-state index < -0.39 is 0 Å². The molecule has 0 atom stereocenters. The number of hydrogen-bond acceptors (Lipinski definition) is 3. The van der Waals surface area contributed by atoms with Crippen LogP contribution in [0.25, 0.3) is 0 Å². The van der Waals surface area contributed by atoms with Gasteiger partial charge in [0.1, 0.15) is 0 Å². The van der Waals surface area contributed by atoms with Crippen LogP contribution >= 0.6 is 0 Å². The number of nitrogens with zero attached hydrogens (tertiary/aromatic N) is 2. The van der Waals surface area contributed by atoms with Crippen molar-refractivity contribution in [2.45, 2.75) is 64.2 Å². The molecule has 1 aliphatic carbocycles. The Bertz CT molecular complexity index is 1000. The number of nitrogens with one attached hydrogen (secondary N) is 1. The van der Waals surface area contributed by atoms with Crippen LogP contribution in [0.4, 0.5) is 11.4 Å². The van der Waals surface area contributed by atoms with Gasteiger partial charge in [-0.25, -0.2) is 0 Å². The molecule has 2 aromatic rings. The maximum atomic E-state index is 13.6. The van der Waals surface area contributed by atoms with Crippen LogP contribution in [0.15, 0.2) is 48.5 Å². The molecule has 0 bridgehead atoms. The molecule has 186 valence electrons. The van der Waals surface area contributed by atoms with Gasteiger partial charge < -0.3 is 15.1 Å². The van der Waals surface area contributed by atoms with Crippen LogP contribution in [0.3, 0.4) is 0 Å². The average Bonchev–Trinajstić information content (AvgIpc) is 3.45. The molecule has 0 aromatic heterocycles. The van der Waals surface area contributed by atoms with Crippen molar-refractivity contribution in [1.29, 1.82) is 0 Å². The normalized spacial score (nSPS) is 19.7. The fourth-order valence-corrected chi connectivity index (χ4v) is 6.09. The van der Waals surface area contributed by atoms with Crippen molar-refractivity contribution in [3.8, 4) is 0 Å². The highest BCUT2D eigenvalue weighted by atomic mass is 16.2. The molecule has 1 saturated carbocycles. The Morgan fingerprint density at radius 2 is 1.51 bits per heavy atom. The number of carbonyl (C=O) groups is 2. The number of carbonyl (C=O) groups excluding carboxylic acids is 2. The Balaban J connectivity index is 1.32. The molecule has 5 heteroatoms. The number of likely N-dealkylation sites (tertiary alicyclic amines) is 1. The summed E-state index contributed by atoms with van der Waals surface area (Å²) in [5, 5.41) is 3.12. The van der Waals surface area contributed by atoms with Gasteiger partial charge in [0, 0.05) is 43.5 Å². The molecule has 2 aromatic carbocycles. The van der Waals surface area contributed by atoms with Gasteiger partial charge in [-0.15, -0.1) is 0 Å². The van der Waals surface area contributed by atoms with Crippen molar-refractivity contribution in [2.24, 2.45) is 11.8 Å². The third-order valence-corrected chi connectivity index (χ3v) is 8.19. The summed E-state index contributed by atoms with van der Waals surface area (Å²) in [6.45, 7) is 3.59. The fourth-order valence-electron chi connectivity index (χ4n) is 6.09. The Labute approximate surface area is 209 Å². The average molecular weight is 474 g/mol. The summed E-state index contributed by atoms with van der Waals surface area (Å²) in [7, 11) is 0. The molecule has 2 saturated heterocycles. The van der Waals surface area contributed by atoms with Crippen molar-refractivity contribution >= 4 is 23.2 Å². The summed E-state index contributed by atoms with van der Waals surface area (Å²) in [5.41, 5.74) is 3.94. The molecule has 5 nitrogen and oxygen atoms in total. The maximum Gasteiger partial charge on any atom is 0.256 e. The van der Waals surface area contributed by atoms with Crippen molar-refractivity contribution in [3.05, 3.63) is 59.7 Å². The molecule has 0 radical (unpaired) electrons. The maximum absolute atomic E-state index is 13.6. The Kier molecular flexibility index (Phi) is 7.70. The first-order valence-electron chi connectivity index (χ1n) is 13.7. The fraction of sp³-hybridized carbons (Fsp3) is 0.533. The van der Waals surface area contributed by atoms with Gasteiger partial charge >= 0.3 is 0 Å². The molecular weight excluding hydrogens is 434 g/mol. The monoisotopic (exact) mass is 473 g/mol. The minimum atomic E-state index is 0.105. The lowest BCUT2D eigenvalue weighted by atomic mass is 9.89. The van der Waals surface area contributed by atoms with E-state index in [0.29, 0.717) is 5.92 Å². The summed E-state index contributed by atoms with van der Waals surface area (Å²) in [6, 6.07) is 16.8. The van der Waals surface area contributed by atoms with Crippen molar-refractivity contribution in [2.75, 3.05) is 36.4 Å². The van der Waals surface area contributed by atoms with E-state index in [4.69, 9.17) is 0 Å². The molecule has 2 heterocycles. The third kappa shape index (κ3) is 5.88. The van der Waals surface area contributed by atoms with E-state index in [0.717, 1.165) is 101 Å². The molecule has 2 aliphatic heterocycles. The van der Waals surface area contributed by atoms with Gasteiger partial charge in [0.25, 0.3) is 5.91 Å². The molecule has 3 fully saturated rings. The van der Waals surface area contributed by atoms with Gasteiger partial charge in [-0.3, -0.25) is 9.59 Å². The van der Waals surface area contributed by atoms with Gasteiger partial charge in [0.2, 0.25) is 5.91 Å². The highest BCUT2D eigenvalue weighted by Crippen LogP contribution is 2.32. The standard InChI is InChI=1S/C30H39N3O2/c34-29(25-11-5-6-12-25)31-26-13-14-28(27(22-26)30(35)33-17-7-2-8-18-33)32-19-15-24(16-20-32)21-23-9-3-1-4-10-23/h1,3-4,9-10,13-14,22,24-25H,2,5-8,11-12,15-21H2,(H,31,34). The van der Waals surface area contributed by atoms with Crippen LogP contribution in [0, 0.1) is 11.8 Å². The van der Waals surface area contributed by atoms with Crippen LogP contribution in [0.5, 0.6) is 0 Å². The summed E-state index contributed by atoms with van der Waals surface area (Å²) in [5.74, 6) is 1.01. The Morgan fingerprint density at radius 1 is 0.800 bits per heavy atom. The zero-order chi connectivity index (χ0) is 24.0. The van der Waals surface area contributed by atoms with Gasteiger partial charge in [0.05, 0.1) is 5.56 Å². The summed E-state index contributed by atoms with van der Waals surface area (Å²) < 4.78 is 0. The number of piperidine rings is 2. The van der Waals surface area contributed by atoms with Crippen LogP contribution in [-0.4, -0.2) is 42.9 Å². The number of benzene rings is 2.